The Kier molecular flexibility index (Phi) is 4.29. The van der Waals surface area contributed by atoms with Crippen LogP contribution in [0.3, 0.4) is 0 Å². The van der Waals surface area contributed by atoms with Crippen LogP contribution in [0.15, 0.2) is 24.5 Å². The maximum Gasteiger partial charge on any atom is 0.144 e. The summed E-state index contributed by atoms with van der Waals surface area (Å²) in [7, 11) is 1.92. The number of aliphatic hydroxyl groups is 1. The van der Waals surface area contributed by atoms with E-state index in [2.05, 4.69) is 16.1 Å². The summed E-state index contributed by atoms with van der Waals surface area (Å²) in [6.07, 6.45) is 8.44. The van der Waals surface area contributed by atoms with Crippen molar-refractivity contribution in [2.75, 3.05) is 30.3 Å². The monoisotopic (exact) mass is 342 g/mol. The molecule has 3 N–H and O–H groups in total. The number of nitrogens with two attached hydrogens (primary N) is 1. The van der Waals surface area contributed by atoms with Crippen LogP contribution in [0, 0.1) is 5.92 Å². The molecule has 2 fully saturated rings. The molecule has 0 radical (unpaired) electrons. The lowest BCUT2D eigenvalue weighted by Gasteiger charge is -2.34. The van der Waals surface area contributed by atoms with Gasteiger partial charge in [-0.2, -0.15) is 5.10 Å². The van der Waals surface area contributed by atoms with Crippen LogP contribution in [0.25, 0.3) is 11.1 Å². The van der Waals surface area contributed by atoms with Gasteiger partial charge in [-0.1, -0.05) is 0 Å². The topological polar surface area (TPSA) is 76.5 Å². The minimum atomic E-state index is 0.279. The molecule has 0 amide bonds. The van der Waals surface area contributed by atoms with Crippen LogP contribution in [-0.4, -0.2) is 40.7 Å². The van der Waals surface area contributed by atoms with E-state index < -0.39 is 0 Å². The van der Waals surface area contributed by atoms with E-state index in [-0.39, 0.29) is 6.61 Å². The van der Waals surface area contributed by atoms with Crippen molar-refractivity contribution >= 4 is 11.4 Å². The molecule has 134 valence electrons. The van der Waals surface area contributed by atoms with Crippen LogP contribution in [0.4, 0.5) is 11.4 Å². The molecule has 0 bridgehead atoms. The number of aryl methyl sites for hydroxylation is 1. The van der Waals surface area contributed by atoms with Crippen molar-refractivity contribution in [2.45, 2.75) is 31.8 Å². The summed E-state index contributed by atoms with van der Waals surface area (Å²) in [6, 6.07) is 4.11. The van der Waals surface area contributed by atoms with Crippen molar-refractivity contribution in [3.63, 3.8) is 0 Å². The average molecular weight is 342 g/mol. The first kappa shape index (κ1) is 16.3. The molecule has 4 rings (SSSR count). The van der Waals surface area contributed by atoms with Crippen molar-refractivity contribution < 1.29 is 9.84 Å². The van der Waals surface area contributed by atoms with Crippen molar-refractivity contribution in [3.8, 4) is 16.9 Å². The molecular formula is C19H26N4O2. The van der Waals surface area contributed by atoms with Gasteiger partial charge >= 0.3 is 0 Å². The van der Waals surface area contributed by atoms with Crippen LogP contribution in [0.1, 0.15) is 25.7 Å². The lowest BCUT2D eigenvalue weighted by Crippen LogP contribution is -2.35. The SMILES string of the molecule is Cn1cc(-c2cc(N)c(OC3CC3)cc2N2CCC(CO)CC2)cn1. The summed E-state index contributed by atoms with van der Waals surface area (Å²) in [5.41, 5.74) is 10.3. The minimum absolute atomic E-state index is 0.279. The minimum Gasteiger partial charge on any atom is -0.488 e. The summed E-state index contributed by atoms with van der Waals surface area (Å²) < 4.78 is 7.82. The molecule has 1 aromatic carbocycles. The van der Waals surface area contributed by atoms with E-state index >= 15 is 0 Å². The molecule has 0 atom stereocenters. The number of anilines is 2. The molecule has 6 nitrogen and oxygen atoms in total. The zero-order chi connectivity index (χ0) is 17.4. The molecule has 1 aliphatic heterocycles. The van der Waals surface area contributed by atoms with Crippen LogP contribution in [-0.2, 0) is 7.05 Å². The number of benzene rings is 1. The van der Waals surface area contributed by atoms with Crippen LogP contribution in [0.5, 0.6) is 5.75 Å². The fraction of sp³-hybridized carbons (Fsp3) is 0.526. The second-order valence-electron chi connectivity index (χ2n) is 7.24. The summed E-state index contributed by atoms with van der Waals surface area (Å²) in [4.78, 5) is 2.38. The summed E-state index contributed by atoms with van der Waals surface area (Å²) in [5.74, 6) is 1.20. The third-order valence-electron chi connectivity index (χ3n) is 5.18. The van der Waals surface area contributed by atoms with Gasteiger partial charge in [0, 0.05) is 55.8 Å². The van der Waals surface area contributed by atoms with Crippen LogP contribution in [0.2, 0.25) is 0 Å². The Hall–Kier alpha value is -2.21. The van der Waals surface area contributed by atoms with Gasteiger partial charge in [-0.25, -0.2) is 0 Å². The molecule has 2 aromatic rings. The summed E-state index contributed by atoms with van der Waals surface area (Å²) in [6.45, 7) is 2.15. The third kappa shape index (κ3) is 3.44. The van der Waals surface area contributed by atoms with E-state index in [0.717, 1.165) is 61.3 Å². The average Bonchev–Trinajstić information content (AvgIpc) is 3.34. The molecule has 0 unspecified atom stereocenters. The highest BCUT2D eigenvalue weighted by Gasteiger charge is 2.27. The largest absolute Gasteiger partial charge is 0.488 e. The van der Waals surface area contributed by atoms with Gasteiger partial charge in [-0.3, -0.25) is 4.68 Å². The fourth-order valence-corrected chi connectivity index (χ4v) is 3.46. The van der Waals surface area contributed by atoms with E-state index in [1.54, 1.807) is 0 Å². The number of aromatic nitrogens is 2. The summed E-state index contributed by atoms with van der Waals surface area (Å²) >= 11 is 0. The Balaban J connectivity index is 1.70. The smallest absolute Gasteiger partial charge is 0.144 e. The van der Waals surface area contributed by atoms with Gasteiger partial charge in [0.05, 0.1) is 18.0 Å². The molecule has 1 aliphatic carbocycles. The lowest BCUT2D eigenvalue weighted by atomic mass is 9.96. The number of rotatable bonds is 5. The Labute approximate surface area is 148 Å². The van der Waals surface area contributed by atoms with Gasteiger partial charge in [-0.05, 0) is 37.7 Å². The Morgan fingerprint density at radius 1 is 1.24 bits per heavy atom. The number of nitrogen functional groups attached to an aromatic ring is 1. The molecule has 1 saturated carbocycles. The highest BCUT2D eigenvalue weighted by molar-refractivity contribution is 5.83. The number of aliphatic hydroxyl groups excluding tert-OH is 1. The number of hydrogen-bond donors (Lipinski definition) is 2. The predicted molar refractivity (Wildman–Crippen MR) is 98.7 cm³/mol. The zero-order valence-corrected chi connectivity index (χ0v) is 14.7. The molecular weight excluding hydrogens is 316 g/mol. The van der Waals surface area contributed by atoms with Gasteiger partial charge in [0.1, 0.15) is 5.75 Å². The van der Waals surface area contributed by atoms with Crippen molar-refractivity contribution in [3.05, 3.63) is 24.5 Å². The number of hydrogen-bond acceptors (Lipinski definition) is 5. The van der Waals surface area contributed by atoms with Crippen molar-refractivity contribution in [1.29, 1.82) is 0 Å². The van der Waals surface area contributed by atoms with Gasteiger partial charge in [0.15, 0.2) is 0 Å². The molecule has 6 heteroatoms. The van der Waals surface area contributed by atoms with Crippen molar-refractivity contribution in [2.24, 2.45) is 13.0 Å². The second kappa shape index (κ2) is 6.59. The zero-order valence-electron chi connectivity index (χ0n) is 14.7. The van der Waals surface area contributed by atoms with Gasteiger partial charge < -0.3 is 20.5 Å². The van der Waals surface area contributed by atoms with Gasteiger partial charge in [0.2, 0.25) is 0 Å². The quantitative estimate of drug-likeness (QED) is 0.816. The standard InChI is InChI=1S/C19H26N4O2/c1-22-11-14(10-21-22)16-8-17(20)19(25-15-2-3-15)9-18(16)23-6-4-13(12-24)5-7-23/h8-11,13,15,24H,2-7,12,20H2,1H3. The Morgan fingerprint density at radius 2 is 2.00 bits per heavy atom. The van der Waals surface area contributed by atoms with E-state index in [1.165, 1.54) is 0 Å². The van der Waals surface area contributed by atoms with E-state index in [1.807, 2.05) is 30.2 Å². The fourth-order valence-electron chi connectivity index (χ4n) is 3.46. The third-order valence-corrected chi connectivity index (χ3v) is 5.18. The highest BCUT2D eigenvalue weighted by atomic mass is 16.5. The number of nitrogens with zero attached hydrogens (tertiary/aromatic N) is 3. The molecule has 25 heavy (non-hydrogen) atoms. The highest BCUT2D eigenvalue weighted by Crippen LogP contribution is 2.41. The molecule has 2 aliphatic rings. The maximum atomic E-state index is 9.40. The second-order valence-corrected chi connectivity index (χ2v) is 7.24. The Bertz CT molecular complexity index is 746. The molecule has 0 spiro atoms. The lowest BCUT2D eigenvalue weighted by molar-refractivity contribution is 0.203. The molecule has 1 aromatic heterocycles. The first-order valence-corrected chi connectivity index (χ1v) is 9.09. The van der Waals surface area contributed by atoms with E-state index in [9.17, 15) is 5.11 Å². The van der Waals surface area contributed by atoms with Crippen molar-refractivity contribution in [1.82, 2.24) is 9.78 Å². The van der Waals surface area contributed by atoms with Gasteiger partial charge in [0.25, 0.3) is 0 Å². The first-order valence-electron chi connectivity index (χ1n) is 9.09. The van der Waals surface area contributed by atoms with Gasteiger partial charge in [-0.15, -0.1) is 0 Å². The maximum absolute atomic E-state index is 9.40. The molecule has 2 heterocycles. The predicted octanol–water partition coefficient (Wildman–Crippen LogP) is 2.42. The Morgan fingerprint density at radius 3 is 2.60 bits per heavy atom. The number of piperidine rings is 1. The molecule has 1 saturated heterocycles. The van der Waals surface area contributed by atoms with Crippen LogP contribution >= 0.6 is 0 Å². The first-order chi connectivity index (χ1) is 12.1. The summed E-state index contributed by atoms with van der Waals surface area (Å²) in [5, 5.41) is 13.7. The van der Waals surface area contributed by atoms with Crippen LogP contribution < -0.4 is 15.4 Å². The number of ether oxygens (including phenoxy) is 1. The normalized spacial score (nSPS) is 18.6. The van der Waals surface area contributed by atoms with E-state index in [0.29, 0.717) is 17.7 Å². The van der Waals surface area contributed by atoms with E-state index in [4.69, 9.17) is 10.5 Å².